The molecule has 0 aliphatic carbocycles. The molecule has 0 spiro atoms. The van der Waals surface area contributed by atoms with Crippen LogP contribution in [0.4, 0.5) is 0 Å². The molecular weight excluding hydrogens is 448 g/mol. The van der Waals surface area contributed by atoms with Gasteiger partial charge in [-0.2, -0.15) is 5.26 Å². The predicted octanol–water partition coefficient (Wildman–Crippen LogP) is 6.92. The maximum absolute atomic E-state index is 12.1. The van der Waals surface area contributed by atoms with Crippen LogP contribution in [0.15, 0.2) is 83.2 Å². The number of rotatable bonds is 6. The Balaban J connectivity index is 1.89. The van der Waals surface area contributed by atoms with Crippen LogP contribution in [0, 0.1) is 11.3 Å². The highest BCUT2D eigenvalue weighted by Gasteiger charge is 2.25. The molecule has 152 valence electrons. The predicted molar refractivity (Wildman–Crippen MR) is 125 cm³/mol. The van der Waals surface area contributed by atoms with Gasteiger partial charge in [-0.05, 0) is 40.8 Å². The van der Waals surface area contributed by atoms with Crippen molar-refractivity contribution >= 4 is 40.7 Å². The highest BCUT2D eigenvalue weighted by Crippen LogP contribution is 2.41. The van der Waals surface area contributed by atoms with E-state index in [4.69, 9.17) is 16.6 Å². The van der Waals surface area contributed by atoms with E-state index < -0.39 is 11.2 Å². The van der Waals surface area contributed by atoms with E-state index in [1.807, 2.05) is 41.8 Å². The molecule has 4 aromatic rings. The Kier molecular flexibility index (Phi) is 6.38. The van der Waals surface area contributed by atoms with Crippen molar-refractivity contribution in [1.29, 1.82) is 5.26 Å². The molecule has 4 nitrogen and oxygen atoms in total. The Labute approximate surface area is 192 Å². The first-order chi connectivity index (χ1) is 15.1. The van der Waals surface area contributed by atoms with Crippen LogP contribution in [-0.2, 0) is 4.79 Å². The molecule has 0 aliphatic heterocycles. The number of carboxylic acid groups (broad SMARTS) is 1. The normalized spacial score (nSPS) is 11.6. The molecule has 2 aromatic heterocycles. The minimum absolute atomic E-state index is 0.342. The van der Waals surface area contributed by atoms with Gasteiger partial charge in [-0.15, -0.1) is 11.3 Å². The topological polar surface area (TPSA) is 74.0 Å². The number of halogens is 1. The Bertz CT molecular complexity index is 1250. The fourth-order valence-corrected chi connectivity index (χ4v) is 4.98. The summed E-state index contributed by atoms with van der Waals surface area (Å²) in [4.78, 5) is 17.7. The van der Waals surface area contributed by atoms with E-state index >= 15 is 0 Å². The average molecular weight is 463 g/mol. The summed E-state index contributed by atoms with van der Waals surface area (Å²) < 4.78 is 0. The van der Waals surface area contributed by atoms with Gasteiger partial charge in [-0.1, -0.05) is 71.9 Å². The van der Waals surface area contributed by atoms with Gasteiger partial charge < -0.3 is 5.11 Å². The SMILES string of the molecule is N#Cc1c(-c2ccc(Cl)cc2)cc(-c2cccs2)nc1S[C@H](C(=O)O)c1ccccc1. The molecule has 0 fully saturated rings. The zero-order chi connectivity index (χ0) is 21.8. The second-order valence-corrected chi connectivity index (χ2v) is 9.06. The number of carboxylic acids is 1. The first kappa shape index (κ1) is 21.1. The van der Waals surface area contributed by atoms with Crippen LogP contribution in [-0.4, -0.2) is 16.1 Å². The van der Waals surface area contributed by atoms with Crippen molar-refractivity contribution in [3.63, 3.8) is 0 Å². The van der Waals surface area contributed by atoms with Gasteiger partial charge in [-0.3, -0.25) is 4.79 Å². The van der Waals surface area contributed by atoms with E-state index in [1.165, 1.54) is 11.3 Å². The van der Waals surface area contributed by atoms with Crippen LogP contribution >= 0.6 is 34.7 Å². The third-order valence-corrected chi connectivity index (χ3v) is 6.96. The van der Waals surface area contributed by atoms with Crippen molar-refractivity contribution in [3.05, 3.63) is 94.3 Å². The molecule has 0 unspecified atom stereocenters. The molecule has 4 rings (SSSR count). The monoisotopic (exact) mass is 462 g/mol. The Hall–Kier alpha value is -3.11. The lowest BCUT2D eigenvalue weighted by atomic mass is 10.0. The molecule has 0 aliphatic rings. The van der Waals surface area contributed by atoms with Crippen LogP contribution in [0.2, 0.25) is 5.02 Å². The summed E-state index contributed by atoms with van der Waals surface area (Å²) in [7, 11) is 0. The Morgan fingerprint density at radius 2 is 1.84 bits per heavy atom. The molecule has 2 aromatic carbocycles. The molecule has 0 bridgehead atoms. The standard InChI is InChI=1S/C24H15ClN2O2S2/c25-17-10-8-15(9-11-17)18-13-20(21-7-4-12-30-21)27-23(19(18)14-26)31-22(24(28)29)16-5-2-1-3-6-16/h1-13,22H,(H,28,29)/t22-/m0/s1. The molecular formula is C24H15ClN2O2S2. The number of nitrogens with zero attached hydrogens (tertiary/aromatic N) is 2. The molecule has 0 saturated carbocycles. The highest BCUT2D eigenvalue weighted by atomic mass is 35.5. The lowest BCUT2D eigenvalue weighted by Gasteiger charge is -2.16. The number of benzene rings is 2. The number of nitriles is 1. The van der Waals surface area contributed by atoms with Crippen LogP contribution in [0.5, 0.6) is 0 Å². The van der Waals surface area contributed by atoms with Crippen LogP contribution in [0.3, 0.4) is 0 Å². The number of aromatic nitrogens is 1. The van der Waals surface area contributed by atoms with Crippen molar-refractivity contribution in [2.75, 3.05) is 0 Å². The number of pyridine rings is 1. The third kappa shape index (κ3) is 4.64. The summed E-state index contributed by atoms with van der Waals surface area (Å²) in [6.45, 7) is 0. The fraction of sp³-hybridized carbons (Fsp3) is 0.0417. The first-order valence-corrected chi connectivity index (χ1v) is 11.4. The fourth-order valence-electron chi connectivity index (χ4n) is 3.12. The van der Waals surface area contributed by atoms with Crippen molar-refractivity contribution in [2.24, 2.45) is 0 Å². The number of aliphatic carboxylic acids is 1. The quantitative estimate of drug-likeness (QED) is 0.315. The van der Waals surface area contributed by atoms with Crippen molar-refractivity contribution in [2.45, 2.75) is 10.3 Å². The molecule has 1 atom stereocenters. The van der Waals surface area contributed by atoms with E-state index in [0.717, 1.165) is 22.2 Å². The minimum atomic E-state index is -0.989. The van der Waals surface area contributed by atoms with Gasteiger partial charge in [-0.25, -0.2) is 4.98 Å². The lowest BCUT2D eigenvalue weighted by molar-refractivity contribution is -0.136. The van der Waals surface area contributed by atoms with Gasteiger partial charge in [0.15, 0.2) is 0 Å². The first-order valence-electron chi connectivity index (χ1n) is 9.26. The largest absolute Gasteiger partial charge is 0.480 e. The summed E-state index contributed by atoms with van der Waals surface area (Å²) in [5, 5.41) is 21.9. The van der Waals surface area contributed by atoms with Crippen LogP contribution in [0.1, 0.15) is 16.4 Å². The average Bonchev–Trinajstić information content (AvgIpc) is 3.33. The minimum Gasteiger partial charge on any atom is -0.480 e. The zero-order valence-electron chi connectivity index (χ0n) is 16.0. The van der Waals surface area contributed by atoms with Gasteiger partial charge in [0.05, 0.1) is 16.1 Å². The molecule has 0 radical (unpaired) electrons. The van der Waals surface area contributed by atoms with E-state index in [1.54, 1.807) is 36.4 Å². The Morgan fingerprint density at radius 3 is 2.45 bits per heavy atom. The number of carbonyl (C=O) groups is 1. The van der Waals surface area contributed by atoms with Gasteiger partial charge in [0.2, 0.25) is 0 Å². The van der Waals surface area contributed by atoms with Gasteiger partial charge in [0.1, 0.15) is 16.3 Å². The molecule has 0 saturated heterocycles. The van der Waals surface area contributed by atoms with Crippen LogP contribution in [0.25, 0.3) is 21.7 Å². The number of hydrogen-bond donors (Lipinski definition) is 1. The number of thiophene rings is 1. The van der Waals surface area contributed by atoms with E-state index in [-0.39, 0.29) is 0 Å². The summed E-state index contributed by atoms with van der Waals surface area (Å²) in [6.07, 6.45) is 0. The molecule has 31 heavy (non-hydrogen) atoms. The second kappa shape index (κ2) is 9.36. The van der Waals surface area contributed by atoms with Crippen molar-refractivity contribution in [1.82, 2.24) is 4.98 Å². The lowest BCUT2D eigenvalue weighted by Crippen LogP contribution is -2.09. The van der Waals surface area contributed by atoms with Crippen LogP contribution < -0.4 is 0 Å². The van der Waals surface area contributed by atoms with E-state index in [9.17, 15) is 15.2 Å². The number of hydrogen-bond acceptors (Lipinski definition) is 5. The highest BCUT2D eigenvalue weighted by molar-refractivity contribution is 8.00. The summed E-state index contributed by atoms with van der Waals surface area (Å²) in [5.74, 6) is -0.989. The van der Waals surface area contributed by atoms with Gasteiger partial charge in [0.25, 0.3) is 0 Å². The summed E-state index contributed by atoms with van der Waals surface area (Å²) in [6, 6.07) is 24.2. The molecule has 7 heteroatoms. The maximum atomic E-state index is 12.1. The second-order valence-electron chi connectivity index (χ2n) is 6.58. The third-order valence-electron chi connectivity index (χ3n) is 4.58. The summed E-state index contributed by atoms with van der Waals surface area (Å²) >= 11 is 8.65. The molecule has 1 N–H and O–H groups in total. The van der Waals surface area contributed by atoms with Crippen molar-refractivity contribution < 1.29 is 9.90 Å². The van der Waals surface area contributed by atoms with Crippen molar-refractivity contribution in [3.8, 4) is 27.8 Å². The van der Waals surface area contributed by atoms with Gasteiger partial charge in [0, 0.05) is 10.6 Å². The molecule has 0 amide bonds. The summed E-state index contributed by atoms with van der Waals surface area (Å²) in [5.41, 5.74) is 3.18. The van der Waals surface area contributed by atoms with E-state index in [0.29, 0.717) is 32.4 Å². The zero-order valence-corrected chi connectivity index (χ0v) is 18.4. The molecule has 2 heterocycles. The van der Waals surface area contributed by atoms with E-state index in [2.05, 4.69) is 6.07 Å². The van der Waals surface area contributed by atoms with Gasteiger partial charge >= 0.3 is 5.97 Å². The number of thioether (sulfide) groups is 1. The Morgan fingerprint density at radius 1 is 1.10 bits per heavy atom. The maximum Gasteiger partial charge on any atom is 0.321 e. The smallest absolute Gasteiger partial charge is 0.321 e.